The standard InChI is InChI=1S/C12H14F2N2OS/c13-10-9(4-5-15-11(10)14)12(17)16-7-8-3-1-2-6-18-8/h4-5,8H,1-3,6-7H2,(H,16,17). The van der Waals surface area contributed by atoms with E-state index in [1.54, 1.807) is 0 Å². The topological polar surface area (TPSA) is 42.0 Å². The van der Waals surface area contributed by atoms with E-state index in [9.17, 15) is 13.6 Å². The second-order valence-corrected chi connectivity index (χ2v) is 5.57. The van der Waals surface area contributed by atoms with E-state index in [2.05, 4.69) is 10.3 Å². The Bertz CT molecular complexity index is 436. The van der Waals surface area contributed by atoms with Crippen LogP contribution in [0.15, 0.2) is 12.3 Å². The van der Waals surface area contributed by atoms with Crippen LogP contribution in [0.3, 0.4) is 0 Å². The molecule has 1 aromatic heterocycles. The van der Waals surface area contributed by atoms with Crippen molar-refractivity contribution in [3.63, 3.8) is 0 Å². The molecule has 1 fully saturated rings. The van der Waals surface area contributed by atoms with E-state index >= 15 is 0 Å². The highest BCUT2D eigenvalue weighted by atomic mass is 32.2. The van der Waals surface area contributed by atoms with Gasteiger partial charge in [0.15, 0.2) is 5.82 Å². The van der Waals surface area contributed by atoms with Crippen LogP contribution in [0.5, 0.6) is 0 Å². The average molecular weight is 272 g/mol. The third kappa shape index (κ3) is 3.19. The van der Waals surface area contributed by atoms with E-state index in [4.69, 9.17) is 0 Å². The Labute approximate surface area is 108 Å². The molecule has 0 spiro atoms. The molecule has 2 heterocycles. The Morgan fingerprint density at radius 1 is 1.50 bits per heavy atom. The van der Waals surface area contributed by atoms with Gasteiger partial charge in [0.25, 0.3) is 5.91 Å². The van der Waals surface area contributed by atoms with Crippen molar-refractivity contribution >= 4 is 17.7 Å². The van der Waals surface area contributed by atoms with Gasteiger partial charge in [-0.1, -0.05) is 6.42 Å². The molecule has 0 aromatic carbocycles. The van der Waals surface area contributed by atoms with Gasteiger partial charge >= 0.3 is 0 Å². The van der Waals surface area contributed by atoms with Gasteiger partial charge in [0.05, 0.1) is 5.56 Å². The molecule has 18 heavy (non-hydrogen) atoms. The second kappa shape index (κ2) is 6.13. The molecule has 2 rings (SSSR count). The number of thioether (sulfide) groups is 1. The third-order valence-corrected chi connectivity index (χ3v) is 4.25. The van der Waals surface area contributed by atoms with Crippen molar-refractivity contribution in [2.24, 2.45) is 0 Å². The number of amides is 1. The first-order chi connectivity index (χ1) is 8.68. The fraction of sp³-hybridized carbons (Fsp3) is 0.500. The van der Waals surface area contributed by atoms with Crippen molar-refractivity contribution in [2.75, 3.05) is 12.3 Å². The Kier molecular flexibility index (Phi) is 4.52. The number of nitrogens with zero attached hydrogens (tertiary/aromatic N) is 1. The maximum Gasteiger partial charge on any atom is 0.254 e. The summed E-state index contributed by atoms with van der Waals surface area (Å²) in [4.78, 5) is 14.9. The summed E-state index contributed by atoms with van der Waals surface area (Å²) in [5.41, 5.74) is -0.289. The number of pyridine rings is 1. The van der Waals surface area contributed by atoms with E-state index in [0.29, 0.717) is 11.8 Å². The lowest BCUT2D eigenvalue weighted by atomic mass is 10.2. The van der Waals surface area contributed by atoms with E-state index in [1.807, 2.05) is 11.8 Å². The van der Waals surface area contributed by atoms with Crippen molar-refractivity contribution < 1.29 is 13.6 Å². The Hall–Kier alpha value is -1.17. The van der Waals surface area contributed by atoms with Gasteiger partial charge in [0.1, 0.15) is 0 Å². The van der Waals surface area contributed by atoms with Crippen LogP contribution in [0.1, 0.15) is 29.6 Å². The van der Waals surface area contributed by atoms with Crippen LogP contribution in [0.4, 0.5) is 8.78 Å². The van der Waals surface area contributed by atoms with E-state index in [0.717, 1.165) is 24.8 Å². The summed E-state index contributed by atoms with van der Waals surface area (Å²) in [6, 6.07) is 1.18. The molecule has 1 amide bonds. The second-order valence-electron chi connectivity index (χ2n) is 4.16. The van der Waals surface area contributed by atoms with Gasteiger partial charge < -0.3 is 5.32 Å². The summed E-state index contributed by atoms with van der Waals surface area (Å²) >= 11 is 1.81. The summed E-state index contributed by atoms with van der Waals surface area (Å²) < 4.78 is 26.2. The monoisotopic (exact) mass is 272 g/mol. The first kappa shape index (κ1) is 13.3. The number of rotatable bonds is 3. The van der Waals surface area contributed by atoms with Crippen LogP contribution in [-0.2, 0) is 0 Å². The van der Waals surface area contributed by atoms with Crippen molar-refractivity contribution in [3.05, 3.63) is 29.6 Å². The zero-order chi connectivity index (χ0) is 13.0. The molecule has 1 atom stereocenters. The Balaban J connectivity index is 1.93. The number of aromatic nitrogens is 1. The van der Waals surface area contributed by atoms with E-state index in [-0.39, 0.29) is 5.56 Å². The molecular formula is C12H14F2N2OS. The lowest BCUT2D eigenvalue weighted by Gasteiger charge is -2.21. The van der Waals surface area contributed by atoms with Crippen molar-refractivity contribution in [2.45, 2.75) is 24.5 Å². The molecule has 0 bridgehead atoms. The van der Waals surface area contributed by atoms with Crippen LogP contribution in [-0.4, -0.2) is 28.4 Å². The highest BCUT2D eigenvalue weighted by Gasteiger charge is 2.18. The molecule has 98 valence electrons. The number of carbonyl (C=O) groups excluding carboxylic acids is 1. The molecule has 1 N–H and O–H groups in total. The molecular weight excluding hydrogens is 258 g/mol. The molecule has 6 heteroatoms. The fourth-order valence-corrected chi connectivity index (χ4v) is 3.10. The summed E-state index contributed by atoms with van der Waals surface area (Å²) in [6.45, 7) is 0.493. The van der Waals surface area contributed by atoms with Crippen molar-refractivity contribution in [3.8, 4) is 0 Å². The molecule has 1 saturated heterocycles. The first-order valence-electron chi connectivity index (χ1n) is 5.88. The van der Waals surface area contributed by atoms with Gasteiger partial charge in [0.2, 0.25) is 5.95 Å². The Morgan fingerprint density at radius 2 is 2.33 bits per heavy atom. The maximum absolute atomic E-state index is 13.3. The molecule has 0 aliphatic carbocycles. The fourth-order valence-electron chi connectivity index (χ4n) is 1.86. The summed E-state index contributed by atoms with van der Waals surface area (Å²) in [5, 5.41) is 3.02. The number of carbonyl (C=O) groups is 1. The molecule has 0 radical (unpaired) electrons. The van der Waals surface area contributed by atoms with Crippen LogP contribution >= 0.6 is 11.8 Å². The smallest absolute Gasteiger partial charge is 0.254 e. The SMILES string of the molecule is O=C(NCC1CCCCS1)c1ccnc(F)c1F. The minimum atomic E-state index is -1.24. The van der Waals surface area contributed by atoms with Crippen molar-refractivity contribution in [1.82, 2.24) is 10.3 Å². The molecule has 3 nitrogen and oxygen atoms in total. The molecule has 0 saturated carbocycles. The number of hydrogen-bond acceptors (Lipinski definition) is 3. The maximum atomic E-state index is 13.3. The zero-order valence-corrected chi connectivity index (χ0v) is 10.6. The highest BCUT2D eigenvalue weighted by Crippen LogP contribution is 2.24. The minimum Gasteiger partial charge on any atom is -0.351 e. The average Bonchev–Trinajstić information content (AvgIpc) is 2.40. The largest absolute Gasteiger partial charge is 0.351 e. The Morgan fingerprint density at radius 3 is 3.06 bits per heavy atom. The van der Waals surface area contributed by atoms with Gasteiger partial charge in [-0.15, -0.1) is 0 Å². The zero-order valence-electron chi connectivity index (χ0n) is 9.79. The lowest BCUT2D eigenvalue weighted by molar-refractivity contribution is 0.0948. The quantitative estimate of drug-likeness (QED) is 0.859. The first-order valence-corrected chi connectivity index (χ1v) is 6.93. The van der Waals surface area contributed by atoms with Crippen molar-refractivity contribution in [1.29, 1.82) is 0 Å². The van der Waals surface area contributed by atoms with Gasteiger partial charge in [-0.3, -0.25) is 4.79 Å². The predicted octanol–water partition coefficient (Wildman–Crippen LogP) is 2.38. The number of halogens is 2. The van der Waals surface area contributed by atoms with Crippen LogP contribution in [0.25, 0.3) is 0 Å². The number of nitrogens with one attached hydrogen (secondary N) is 1. The highest BCUT2D eigenvalue weighted by molar-refractivity contribution is 7.99. The normalized spacial score (nSPS) is 19.6. The number of hydrogen-bond donors (Lipinski definition) is 1. The van der Waals surface area contributed by atoms with E-state index in [1.165, 1.54) is 12.5 Å². The third-order valence-electron chi connectivity index (χ3n) is 2.86. The van der Waals surface area contributed by atoms with E-state index < -0.39 is 17.7 Å². The van der Waals surface area contributed by atoms with Crippen LogP contribution in [0, 0.1) is 11.8 Å². The molecule has 1 aromatic rings. The lowest BCUT2D eigenvalue weighted by Crippen LogP contribution is -2.32. The van der Waals surface area contributed by atoms with Gasteiger partial charge in [0, 0.05) is 18.0 Å². The summed E-state index contributed by atoms with van der Waals surface area (Å²) in [5.74, 6) is -1.92. The minimum absolute atomic E-state index is 0.289. The predicted molar refractivity (Wildman–Crippen MR) is 66.6 cm³/mol. The van der Waals surface area contributed by atoms with Crippen LogP contribution < -0.4 is 5.32 Å². The molecule has 1 aliphatic heterocycles. The molecule has 1 unspecified atom stereocenters. The van der Waals surface area contributed by atoms with Crippen LogP contribution in [0.2, 0.25) is 0 Å². The molecule has 1 aliphatic rings. The van der Waals surface area contributed by atoms with Gasteiger partial charge in [-0.2, -0.15) is 16.2 Å². The summed E-state index contributed by atoms with van der Waals surface area (Å²) in [7, 11) is 0. The van der Waals surface area contributed by atoms with Gasteiger partial charge in [-0.05, 0) is 24.7 Å². The summed E-state index contributed by atoms with van der Waals surface area (Å²) in [6.07, 6.45) is 4.51. The van der Waals surface area contributed by atoms with Gasteiger partial charge in [-0.25, -0.2) is 9.37 Å².